The molecular formula is C13H12N2O2. The fraction of sp³-hybridized carbons (Fsp3) is 0.0769. The molecule has 1 N–H and O–H groups in total. The van der Waals surface area contributed by atoms with Gasteiger partial charge in [0.15, 0.2) is 0 Å². The lowest BCUT2D eigenvalue weighted by atomic mass is 10.2. The second-order valence-electron chi connectivity index (χ2n) is 3.61. The summed E-state index contributed by atoms with van der Waals surface area (Å²) in [6.07, 6.45) is 1.50. The Morgan fingerprint density at radius 1 is 1.12 bits per heavy atom. The molecule has 1 heterocycles. The Hall–Kier alpha value is -2.36. The number of rotatable bonds is 2. The van der Waals surface area contributed by atoms with E-state index in [-0.39, 0.29) is 17.0 Å². The van der Waals surface area contributed by atoms with Gasteiger partial charge in [0, 0.05) is 18.9 Å². The number of pyridine rings is 1. The fourth-order valence-electron chi connectivity index (χ4n) is 1.54. The first-order chi connectivity index (χ1) is 8.20. The van der Waals surface area contributed by atoms with Crippen LogP contribution >= 0.6 is 0 Å². The highest BCUT2D eigenvalue weighted by molar-refractivity contribution is 6.05. The van der Waals surface area contributed by atoms with E-state index in [0.29, 0.717) is 0 Å². The van der Waals surface area contributed by atoms with Gasteiger partial charge in [-0.3, -0.25) is 9.59 Å². The number of nitrogens with zero attached hydrogens (tertiary/aromatic N) is 1. The molecule has 0 spiro atoms. The minimum absolute atomic E-state index is 0.138. The molecule has 4 nitrogen and oxygen atoms in total. The summed E-state index contributed by atoms with van der Waals surface area (Å²) in [7, 11) is 1.64. The first-order valence-electron chi connectivity index (χ1n) is 5.21. The fourth-order valence-corrected chi connectivity index (χ4v) is 1.54. The highest BCUT2D eigenvalue weighted by atomic mass is 16.2. The minimum Gasteiger partial charge on any atom is -0.328 e. The monoisotopic (exact) mass is 228 g/mol. The molecule has 0 unspecified atom stereocenters. The molecule has 2 aromatic rings. The normalized spacial score (nSPS) is 9.94. The van der Waals surface area contributed by atoms with Crippen molar-refractivity contribution in [3.05, 3.63) is 64.6 Å². The average Bonchev–Trinajstić information content (AvgIpc) is 2.39. The SMILES string of the molecule is CN(C(=O)c1ccc[nH]c1=O)c1ccccc1. The first kappa shape index (κ1) is 11.1. The molecule has 0 radical (unpaired) electrons. The second-order valence-corrected chi connectivity index (χ2v) is 3.61. The standard InChI is InChI=1S/C13H12N2O2/c1-15(10-6-3-2-4-7-10)13(17)11-8-5-9-14-12(11)16/h2-9H,1H3,(H,14,16). The Morgan fingerprint density at radius 2 is 1.82 bits per heavy atom. The molecule has 0 aliphatic heterocycles. The summed E-state index contributed by atoms with van der Waals surface area (Å²) in [5.74, 6) is -0.321. The van der Waals surface area contributed by atoms with Gasteiger partial charge in [-0.15, -0.1) is 0 Å². The van der Waals surface area contributed by atoms with E-state index in [1.54, 1.807) is 13.1 Å². The van der Waals surface area contributed by atoms with Crippen molar-refractivity contribution in [1.29, 1.82) is 0 Å². The Labute approximate surface area is 98.5 Å². The summed E-state index contributed by atoms with van der Waals surface area (Å²) in [5.41, 5.74) is 0.514. The Balaban J connectivity index is 2.34. The van der Waals surface area contributed by atoms with Crippen LogP contribution in [0.5, 0.6) is 0 Å². The third-order valence-electron chi connectivity index (χ3n) is 2.50. The van der Waals surface area contributed by atoms with Crippen LogP contribution in [0.2, 0.25) is 0 Å². The maximum atomic E-state index is 12.1. The molecule has 4 heteroatoms. The molecule has 0 atom stereocenters. The number of benzene rings is 1. The summed E-state index contributed by atoms with van der Waals surface area (Å²) in [6.45, 7) is 0. The molecule has 0 aliphatic rings. The van der Waals surface area contributed by atoms with E-state index in [0.717, 1.165) is 5.69 Å². The van der Waals surface area contributed by atoms with Gasteiger partial charge in [-0.25, -0.2) is 0 Å². The highest BCUT2D eigenvalue weighted by Gasteiger charge is 2.15. The molecule has 0 bridgehead atoms. The number of hydrogen-bond donors (Lipinski definition) is 1. The zero-order chi connectivity index (χ0) is 12.3. The van der Waals surface area contributed by atoms with E-state index >= 15 is 0 Å². The second kappa shape index (κ2) is 4.65. The molecule has 1 aromatic heterocycles. The number of aromatic amines is 1. The van der Waals surface area contributed by atoms with Crippen molar-refractivity contribution in [3.63, 3.8) is 0 Å². The van der Waals surface area contributed by atoms with Gasteiger partial charge < -0.3 is 9.88 Å². The molecule has 1 amide bonds. The number of anilines is 1. The topological polar surface area (TPSA) is 53.2 Å². The van der Waals surface area contributed by atoms with Crippen LogP contribution in [0.4, 0.5) is 5.69 Å². The third kappa shape index (κ3) is 2.25. The lowest BCUT2D eigenvalue weighted by Crippen LogP contribution is -2.31. The van der Waals surface area contributed by atoms with E-state index in [1.807, 2.05) is 30.3 Å². The molecule has 0 aliphatic carbocycles. The maximum Gasteiger partial charge on any atom is 0.263 e. The lowest BCUT2D eigenvalue weighted by molar-refractivity contribution is 0.0991. The van der Waals surface area contributed by atoms with Crippen LogP contribution in [0.25, 0.3) is 0 Å². The van der Waals surface area contributed by atoms with Gasteiger partial charge in [-0.1, -0.05) is 18.2 Å². The molecule has 0 saturated carbocycles. The number of para-hydroxylation sites is 1. The molecule has 0 saturated heterocycles. The van der Waals surface area contributed by atoms with Crippen molar-refractivity contribution in [1.82, 2.24) is 4.98 Å². The smallest absolute Gasteiger partial charge is 0.263 e. The molecule has 86 valence electrons. The minimum atomic E-state index is -0.375. The average molecular weight is 228 g/mol. The Kier molecular flexibility index (Phi) is 3.05. The van der Waals surface area contributed by atoms with Gasteiger partial charge >= 0.3 is 0 Å². The predicted octanol–water partition coefficient (Wildman–Crippen LogP) is 1.65. The molecular weight excluding hydrogens is 216 g/mol. The Morgan fingerprint density at radius 3 is 2.47 bits per heavy atom. The van der Waals surface area contributed by atoms with E-state index in [2.05, 4.69) is 4.98 Å². The molecule has 2 rings (SSSR count). The molecule has 1 aromatic carbocycles. The quantitative estimate of drug-likeness (QED) is 0.849. The van der Waals surface area contributed by atoms with Crippen molar-refractivity contribution >= 4 is 11.6 Å². The number of carbonyl (C=O) groups is 1. The number of aromatic nitrogens is 1. The van der Waals surface area contributed by atoms with Crippen LogP contribution in [0.1, 0.15) is 10.4 Å². The number of amides is 1. The molecule has 0 fully saturated rings. The van der Waals surface area contributed by atoms with Crippen LogP contribution in [-0.2, 0) is 0 Å². The number of hydrogen-bond acceptors (Lipinski definition) is 2. The largest absolute Gasteiger partial charge is 0.328 e. The van der Waals surface area contributed by atoms with Gasteiger partial charge in [-0.05, 0) is 24.3 Å². The van der Waals surface area contributed by atoms with E-state index in [9.17, 15) is 9.59 Å². The maximum absolute atomic E-state index is 12.1. The van der Waals surface area contributed by atoms with Crippen LogP contribution < -0.4 is 10.5 Å². The zero-order valence-electron chi connectivity index (χ0n) is 9.38. The predicted molar refractivity (Wildman–Crippen MR) is 66.2 cm³/mol. The van der Waals surface area contributed by atoms with Crippen molar-refractivity contribution in [2.45, 2.75) is 0 Å². The summed E-state index contributed by atoms with van der Waals surface area (Å²) in [4.78, 5) is 27.5. The first-order valence-corrected chi connectivity index (χ1v) is 5.21. The van der Waals surface area contributed by atoms with Gasteiger partial charge in [0.25, 0.3) is 11.5 Å². The van der Waals surface area contributed by atoms with Crippen LogP contribution in [-0.4, -0.2) is 17.9 Å². The summed E-state index contributed by atoms with van der Waals surface area (Å²) < 4.78 is 0. The summed E-state index contributed by atoms with van der Waals surface area (Å²) in [5, 5.41) is 0. The van der Waals surface area contributed by atoms with Gasteiger partial charge in [-0.2, -0.15) is 0 Å². The van der Waals surface area contributed by atoms with E-state index in [1.165, 1.54) is 17.2 Å². The number of carbonyl (C=O) groups excluding carboxylic acids is 1. The van der Waals surface area contributed by atoms with Crippen molar-refractivity contribution in [2.75, 3.05) is 11.9 Å². The van der Waals surface area contributed by atoms with Crippen molar-refractivity contribution in [3.8, 4) is 0 Å². The van der Waals surface area contributed by atoms with Crippen LogP contribution in [0.3, 0.4) is 0 Å². The van der Waals surface area contributed by atoms with Gasteiger partial charge in [0.2, 0.25) is 0 Å². The van der Waals surface area contributed by atoms with Gasteiger partial charge in [0.1, 0.15) is 5.56 Å². The Bertz CT molecular complexity index is 575. The number of H-pyrrole nitrogens is 1. The van der Waals surface area contributed by atoms with E-state index < -0.39 is 0 Å². The van der Waals surface area contributed by atoms with Crippen molar-refractivity contribution in [2.24, 2.45) is 0 Å². The number of nitrogens with one attached hydrogen (secondary N) is 1. The van der Waals surface area contributed by atoms with Crippen LogP contribution in [0, 0.1) is 0 Å². The summed E-state index contributed by atoms with van der Waals surface area (Å²) in [6, 6.07) is 12.3. The summed E-state index contributed by atoms with van der Waals surface area (Å²) >= 11 is 0. The lowest BCUT2D eigenvalue weighted by Gasteiger charge is -2.16. The zero-order valence-corrected chi connectivity index (χ0v) is 9.38. The highest BCUT2D eigenvalue weighted by Crippen LogP contribution is 2.12. The van der Waals surface area contributed by atoms with Crippen LogP contribution in [0.15, 0.2) is 53.5 Å². The third-order valence-corrected chi connectivity index (χ3v) is 2.50. The van der Waals surface area contributed by atoms with Crippen molar-refractivity contribution < 1.29 is 4.79 Å². The van der Waals surface area contributed by atoms with Gasteiger partial charge in [0.05, 0.1) is 0 Å². The molecule has 17 heavy (non-hydrogen) atoms. The van der Waals surface area contributed by atoms with E-state index in [4.69, 9.17) is 0 Å².